The second-order valence-electron chi connectivity index (χ2n) is 7.64. The van der Waals surface area contributed by atoms with Crippen molar-refractivity contribution in [3.8, 4) is 0 Å². The van der Waals surface area contributed by atoms with Gasteiger partial charge in [0.25, 0.3) is 0 Å². The first kappa shape index (κ1) is 21.0. The predicted octanol–water partition coefficient (Wildman–Crippen LogP) is 1.81. The van der Waals surface area contributed by atoms with Crippen molar-refractivity contribution in [2.45, 2.75) is 38.2 Å². The van der Waals surface area contributed by atoms with Crippen LogP contribution < -0.4 is 0 Å². The Kier molecular flexibility index (Phi) is 6.36. The number of nitrogens with zero attached hydrogens (tertiary/aromatic N) is 4. The zero-order valence-electron chi connectivity index (χ0n) is 17.3. The Hall–Kier alpha value is -2.68. The van der Waals surface area contributed by atoms with E-state index in [-0.39, 0.29) is 5.97 Å². The molecular weight excluding hydrogens is 376 g/mol. The van der Waals surface area contributed by atoms with E-state index < -0.39 is 12.1 Å². The molecule has 0 aliphatic heterocycles. The maximum absolute atomic E-state index is 11.3. The molecule has 2 aliphatic carbocycles. The number of ether oxygens (including phenoxy) is 2. The fraction of sp³-hybridized carbons (Fsp3) is 0.600. The van der Waals surface area contributed by atoms with Crippen molar-refractivity contribution in [1.82, 2.24) is 19.6 Å². The van der Waals surface area contributed by atoms with E-state index in [1.165, 1.54) is 31.7 Å². The Labute approximate surface area is 169 Å². The predicted molar refractivity (Wildman–Crippen MR) is 103 cm³/mol. The van der Waals surface area contributed by atoms with Crippen LogP contribution in [-0.4, -0.2) is 50.8 Å². The summed E-state index contributed by atoms with van der Waals surface area (Å²) in [6.45, 7) is 0. The van der Waals surface area contributed by atoms with Crippen LogP contribution in [0.4, 0.5) is 0 Å². The van der Waals surface area contributed by atoms with Gasteiger partial charge in [0, 0.05) is 14.1 Å². The molecule has 2 aliphatic rings. The molecule has 0 aromatic carbocycles. The summed E-state index contributed by atoms with van der Waals surface area (Å²) in [6.07, 6.45) is 5.10. The molecule has 1 N–H and O–H groups in total. The number of esters is 2. The summed E-state index contributed by atoms with van der Waals surface area (Å²) in [5, 5.41) is 18.2. The number of methoxy groups -OCH3 is 2. The number of rotatable bonds is 6. The molecule has 29 heavy (non-hydrogen) atoms. The van der Waals surface area contributed by atoms with Gasteiger partial charge in [0.1, 0.15) is 17.5 Å². The highest BCUT2D eigenvalue weighted by molar-refractivity contribution is 5.88. The molecule has 4 rings (SSSR count). The van der Waals surface area contributed by atoms with Crippen molar-refractivity contribution in [2.24, 2.45) is 25.9 Å². The zero-order chi connectivity index (χ0) is 21.1. The van der Waals surface area contributed by atoms with Gasteiger partial charge in [-0.25, -0.2) is 9.59 Å². The number of carbonyl (C=O) groups excluding carboxylic acids is 2. The van der Waals surface area contributed by atoms with E-state index in [1.807, 2.05) is 6.07 Å². The summed E-state index contributed by atoms with van der Waals surface area (Å²) in [6, 6.07) is 3.42. The molecule has 2 heterocycles. The van der Waals surface area contributed by atoms with Crippen LogP contribution in [0.5, 0.6) is 0 Å². The van der Waals surface area contributed by atoms with Gasteiger partial charge in [-0.3, -0.25) is 9.36 Å². The number of aromatic nitrogens is 4. The van der Waals surface area contributed by atoms with Gasteiger partial charge in [0.05, 0.1) is 25.6 Å². The lowest BCUT2D eigenvalue weighted by Crippen LogP contribution is -2.08. The lowest BCUT2D eigenvalue weighted by atomic mass is 10.1. The van der Waals surface area contributed by atoms with Crippen LogP contribution in [-0.2, 0) is 30.0 Å². The smallest absolute Gasteiger partial charge is 0.356 e. The zero-order valence-corrected chi connectivity index (χ0v) is 17.3. The summed E-state index contributed by atoms with van der Waals surface area (Å²) < 4.78 is 12.3. The van der Waals surface area contributed by atoms with Gasteiger partial charge in [0.2, 0.25) is 0 Å². The fourth-order valence-corrected chi connectivity index (χ4v) is 3.12. The molecule has 1 unspecified atom stereocenters. The number of hydrogen-bond donors (Lipinski definition) is 1. The Morgan fingerprint density at radius 2 is 1.59 bits per heavy atom. The third-order valence-corrected chi connectivity index (χ3v) is 5.18. The van der Waals surface area contributed by atoms with Crippen LogP contribution >= 0.6 is 0 Å². The van der Waals surface area contributed by atoms with Crippen LogP contribution in [0.15, 0.2) is 12.1 Å². The minimum Gasteiger partial charge on any atom is -0.464 e. The summed E-state index contributed by atoms with van der Waals surface area (Å²) in [7, 11) is 6.14. The fourth-order valence-electron chi connectivity index (χ4n) is 3.12. The van der Waals surface area contributed by atoms with E-state index in [0.29, 0.717) is 23.0 Å². The monoisotopic (exact) mass is 404 g/mol. The molecule has 0 spiro atoms. The van der Waals surface area contributed by atoms with Gasteiger partial charge in [0.15, 0.2) is 0 Å². The minimum atomic E-state index is -0.547. The Morgan fingerprint density at radius 1 is 1.03 bits per heavy atom. The summed E-state index contributed by atoms with van der Waals surface area (Å²) in [5.74, 6) is 0.349. The molecule has 2 saturated carbocycles. The maximum Gasteiger partial charge on any atom is 0.356 e. The average Bonchev–Trinajstić information content (AvgIpc) is 3.63. The topological polar surface area (TPSA) is 108 Å². The molecule has 9 nitrogen and oxygen atoms in total. The highest BCUT2D eigenvalue weighted by Crippen LogP contribution is 2.40. The van der Waals surface area contributed by atoms with Gasteiger partial charge < -0.3 is 14.6 Å². The van der Waals surface area contributed by atoms with E-state index in [1.54, 1.807) is 24.8 Å². The first-order valence-corrected chi connectivity index (χ1v) is 9.75. The second-order valence-corrected chi connectivity index (χ2v) is 7.64. The normalized spacial score (nSPS) is 16.6. The second kappa shape index (κ2) is 8.77. The van der Waals surface area contributed by atoms with E-state index in [9.17, 15) is 14.7 Å². The first-order valence-electron chi connectivity index (χ1n) is 9.75. The van der Waals surface area contributed by atoms with Gasteiger partial charge in [-0.05, 0) is 56.1 Å². The average molecular weight is 404 g/mol. The summed E-state index contributed by atoms with van der Waals surface area (Å²) in [5.41, 5.74) is 2.45. The van der Waals surface area contributed by atoms with Crippen LogP contribution in [0, 0.1) is 11.8 Å². The largest absolute Gasteiger partial charge is 0.464 e. The van der Waals surface area contributed by atoms with Crippen LogP contribution in [0.1, 0.15) is 64.2 Å². The van der Waals surface area contributed by atoms with Crippen molar-refractivity contribution in [1.29, 1.82) is 0 Å². The molecule has 0 amide bonds. The lowest BCUT2D eigenvalue weighted by molar-refractivity contribution is 0.0579. The van der Waals surface area contributed by atoms with Gasteiger partial charge in [-0.15, -0.1) is 0 Å². The quantitative estimate of drug-likeness (QED) is 0.732. The number of aliphatic hydroxyl groups is 1. The molecular formula is C20H28N4O5. The summed E-state index contributed by atoms with van der Waals surface area (Å²) >= 11 is 0. The number of aliphatic hydroxyl groups excluding tert-OH is 1. The SMILES string of the molecule is COC(=O)c1cc(C(O)C2CC2)nn1C.COC(=O)c1cc(CC2CC2)nn1C. The Balaban J connectivity index is 0.000000166. The number of carbonyl (C=O) groups is 2. The Morgan fingerprint density at radius 3 is 2.10 bits per heavy atom. The Bertz CT molecular complexity index is 880. The molecule has 1 atom stereocenters. The molecule has 2 aromatic heterocycles. The molecule has 0 bridgehead atoms. The molecule has 9 heteroatoms. The van der Waals surface area contributed by atoms with Crippen LogP contribution in [0.3, 0.4) is 0 Å². The van der Waals surface area contributed by atoms with Gasteiger partial charge >= 0.3 is 11.9 Å². The van der Waals surface area contributed by atoms with E-state index in [2.05, 4.69) is 19.7 Å². The standard InChI is InChI=1S/C10H14N2O3.C10H14N2O2/c1-12-8(10(14)15-2)5-7(11-12)9(13)6-3-4-6;1-12-9(10(13)14-2)6-8(11-12)5-7-3-4-7/h5-6,9,13H,3-4H2,1-2H3;6-7H,3-5H2,1-2H3. The highest BCUT2D eigenvalue weighted by Gasteiger charge is 2.33. The van der Waals surface area contributed by atoms with Crippen molar-refractivity contribution < 1.29 is 24.2 Å². The van der Waals surface area contributed by atoms with Crippen LogP contribution in [0.2, 0.25) is 0 Å². The summed E-state index contributed by atoms with van der Waals surface area (Å²) in [4.78, 5) is 22.6. The molecule has 0 saturated heterocycles. The van der Waals surface area contributed by atoms with Crippen LogP contribution in [0.25, 0.3) is 0 Å². The molecule has 2 fully saturated rings. The van der Waals surface area contributed by atoms with E-state index >= 15 is 0 Å². The first-order chi connectivity index (χ1) is 13.8. The van der Waals surface area contributed by atoms with Gasteiger partial charge in [-0.2, -0.15) is 10.2 Å². The van der Waals surface area contributed by atoms with E-state index in [4.69, 9.17) is 0 Å². The third kappa shape index (κ3) is 5.23. The van der Waals surface area contributed by atoms with Crippen molar-refractivity contribution in [3.05, 3.63) is 34.9 Å². The van der Waals surface area contributed by atoms with Crippen molar-refractivity contribution >= 4 is 11.9 Å². The third-order valence-electron chi connectivity index (χ3n) is 5.18. The van der Waals surface area contributed by atoms with Crippen molar-refractivity contribution in [2.75, 3.05) is 14.2 Å². The van der Waals surface area contributed by atoms with E-state index in [0.717, 1.165) is 30.9 Å². The minimum absolute atomic E-state index is 0.311. The maximum atomic E-state index is 11.3. The number of hydrogen-bond acceptors (Lipinski definition) is 7. The molecule has 2 aromatic rings. The van der Waals surface area contributed by atoms with Crippen molar-refractivity contribution in [3.63, 3.8) is 0 Å². The molecule has 0 radical (unpaired) electrons. The number of aryl methyl sites for hydroxylation is 2. The lowest BCUT2D eigenvalue weighted by Gasteiger charge is -2.03. The molecule has 158 valence electrons. The van der Waals surface area contributed by atoms with Gasteiger partial charge in [-0.1, -0.05) is 0 Å². The highest BCUT2D eigenvalue weighted by atomic mass is 16.5.